The Morgan fingerprint density at radius 3 is 2.61 bits per heavy atom. The van der Waals surface area contributed by atoms with E-state index in [1.165, 1.54) is 12.1 Å². The molecule has 0 radical (unpaired) electrons. The van der Waals surface area contributed by atoms with Crippen molar-refractivity contribution in [1.29, 1.82) is 0 Å². The molecule has 0 bridgehead atoms. The Kier molecular flexibility index (Phi) is 5.39. The Morgan fingerprint density at radius 2 is 1.87 bits per heavy atom. The largest absolute Gasteiger partial charge is 0.444 e. The molecule has 1 atom stereocenters. The van der Waals surface area contributed by atoms with E-state index in [2.05, 4.69) is 10.4 Å². The molecule has 2 heterocycles. The Hall–Kier alpha value is -3.42. The smallest absolute Gasteiger partial charge is 0.410 e. The van der Waals surface area contributed by atoms with Gasteiger partial charge in [-0.25, -0.2) is 9.18 Å². The number of halogens is 1. The number of aromatic nitrogens is 2. The normalized spacial score (nSPS) is 16.5. The highest BCUT2D eigenvalue weighted by Crippen LogP contribution is 2.25. The summed E-state index contributed by atoms with van der Waals surface area (Å²) in [5.74, 6) is -0.329. The van der Waals surface area contributed by atoms with Crippen LogP contribution in [0.25, 0.3) is 10.8 Å². The summed E-state index contributed by atoms with van der Waals surface area (Å²) in [5.41, 5.74) is -0.161. The van der Waals surface area contributed by atoms with E-state index in [1.807, 2.05) is 20.8 Å². The van der Waals surface area contributed by atoms with E-state index < -0.39 is 5.60 Å². The van der Waals surface area contributed by atoms with E-state index in [9.17, 15) is 14.0 Å². The van der Waals surface area contributed by atoms with Crippen molar-refractivity contribution in [2.24, 2.45) is 0 Å². The first-order chi connectivity index (χ1) is 14.7. The van der Waals surface area contributed by atoms with Gasteiger partial charge in [-0.3, -0.25) is 9.48 Å². The Morgan fingerprint density at radius 1 is 1.13 bits per heavy atom. The maximum absolute atomic E-state index is 14.0. The van der Waals surface area contributed by atoms with E-state index in [1.54, 1.807) is 46.1 Å². The molecule has 2 amide bonds. The maximum Gasteiger partial charge on any atom is 0.410 e. The zero-order valence-corrected chi connectivity index (χ0v) is 17.8. The average molecular weight is 424 g/mol. The quantitative estimate of drug-likeness (QED) is 0.666. The number of ether oxygens (including phenoxy) is 1. The second-order valence-electron chi connectivity index (χ2n) is 8.64. The topological polar surface area (TPSA) is 76.5 Å². The average Bonchev–Trinajstić information content (AvgIpc) is 3.36. The number of fused-ring (bicyclic) bond motifs is 1. The van der Waals surface area contributed by atoms with Gasteiger partial charge in [0.05, 0.1) is 6.04 Å². The first kappa shape index (κ1) is 20.8. The summed E-state index contributed by atoms with van der Waals surface area (Å²) in [6, 6.07) is 11.3. The molecule has 1 fully saturated rings. The number of rotatable bonds is 3. The minimum atomic E-state index is -0.539. The molecular formula is C23H25FN4O3. The molecule has 4 rings (SSSR count). The van der Waals surface area contributed by atoms with E-state index >= 15 is 0 Å². The molecule has 2 aromatic carbocycles. The van der Waals surface area contributed by atoms with Gasteiger partial charge < -0.3 is 15.0 Å². The van der Waals surface area contributed by atoms with Crippen LogP contribution in [0.2, 0.25) is 0 Å². The fraction of sp³-hybridized carbons (Fsp3) is 0.348. The molecule has 31 heavy (non-hydrogen) atoms. The SMILES string of the molecule is CC(C)(C)OC(=O)N1CCC(n2ccc(NC(=O)c3ccc(F)c4ccccc34)n2)C1. The van der Waals surface area contributed by atoms with Crippen LogP contribution in [-0.2, 0) is 4.74 Å². The molecule has 8 heteroatoms. The lowest BCUT2D eigenvalue weighted by Crippen LogP contribution is -2.35. The number of nitrogens with zero attached hydrogens (tertiary/aromatic N) is 3. The van der Waals surface area contributed by atoms with Gasteiger partial charge in [-0.1, -0.05) is 24.3 Å². The van der Waals surface area contributed by atoms with Crippen LogP contribution in [0.3, 0.4) is 0 Å². The lowest BCUT2D eigenvalue weighted by molar-refractivity contribution is 0.0288. The fourth-order valence-electron chi connectivity index (χ4n) is 3.70. The number of hydrogen-bond donors (Lipinski definition) is 1. The molecule has 1 N–H and O–H groups in total. The molecule has 1 unspecified atom stereocenters. The van der Waals surface area contributed by atoms with Crippen LogP contribution in [-0.4, -0.2) is 45.4 Å². The number of nitrogens with one attached hydrogen (secondary N) is 1. The van der Waals surface area contributed by atoms with Gasteiger partial charge in [0, 0.05) is 36.3 Å². The first-order valence-corrected chi connectivity index (χ1v) is 10.2. The van der Waals surface area contributed by atoms with E-state index in [0.29, 0.717) is 35.2 Å². The molecule has 3 aromatic rings. The number of amides is 2. The second kappa shape index (κ2) is 8.02. The predicted octanol–water partition coefficient (Wildman–Crippen LogP) is 4.61. The van der Waals surface area contributed by atoms with Gasteiger partial charge in [0.1, 0.15) is 11.4 Å². The number of carbonyl (C=O) groups excluding carboxylic acids is 2. The van der Waals surface area contributed by atoms with Crippen molar-refractivity contribution >= 4 is 28.6 Å². The van der Waals surface area contributed by atoms with Crippen molar-refractivity contribution < 1.29 is 18.7 Å². The molecule has 1 aromatic heterocycles. The number of benzene rings is 2. The van der Waals surface area contributed by atoms with Crippen LogP contribution >= 0.6 is 0 Å². The summed E-state index contributed by atoms with van der Waals surface area (Å²) < 4.78 is 21.2. The van der Waals surface area contributed by atoms with Crippen LogP contribution in [0.4, 0.5) is 15.0 Å². The molecule has 1 aliphatic rings. The van der Waals surface area contributed by atoms with Crippen molar-refractivity contribution in [2.75, 3.05) is 18.4 Å². The summed E-state index contributed by atoms with van der Waals surface area (Å²) in [6.45, 7) is 6.59. The third-order valence-electron chi connectivity index (χ3n) is 5.15. The van der Waals surface area contributed by atoms with E-state index in [0.717, 1.165) is 6.42 Å². The van der Waals surface area contributed by atoms with Gasteiger partial charge in [0.25, 0.3) is 5.91 Å². The fourth-order valence-corrected chi connectivity index (χ4v) is 3.70. The highest BCUT2D eigenvalue weighted by atomic mass is 19.1. The molecule has 162 valence electrons. The summed E-state index contributed by atoms with van der Waals surface area (Å²) in [4.78, 5) is 26.7. The maximum atomic E-state index is 14.0. The third kappa shape index (κ3) is 4.52. The van der Waals surface area contributed by atoms with Gasteiger partial charge in [0.2, 0.25) is 0 Å². The number of carbonyl (C=O) groups is 2. The summed E-state index contributed by atoms with van der Waals surface area (Å²) >= 11 is 0. The van der Waals surface area contributed by atoms with Crippen LogP contribution in [0.1, 0.15) is 43.6 Å². The minimum absolute atomic E-state index is 0.00446. The molecule has 1 aliphatic heterocycles. The van der Waals surface area contributed by atoms with Crippen molar-refractivity contribution in [2.45, 2.75) is 38.8 Å². The summed E-state index contributed by atoms with van der Waals surface area (Å²) in [5, 5.41) is 8.18. The van der Waals surface area contributed by atoms with Crippen LogP contribution < -0.4 is 5.32 Å². The van der Waals surface area contributed by atoms with Crippen LogP contribution in [0.15, 0.2) is 48.7 Å². The second-order valence-corrected chi connectivity index (χ2v) is 8.64. The lowest BCUT2D eigenvalue weighted by atomic mass is 10.0. The first-order valence-electron chi connectivity index (χ1n) is 10.2. The molecule has 0 aliphatic carbocycles. The standard InChI is InChI=1S/C23H25FN4O3/c1-23(2,3)31-22(30)27-12-10-15(14-27)28-13-11-20(26-28)25-21(29)18-8-9-19(24)17-7-5-4-6-16(17)18/h4-9,11,13,15H,10,12,14H2,1-3H3,(H,25,26,29). The van der Waals surface area contributed by atoms with Crippen LogP contribution in [0, 0.1) is 5.82 Å². The highest BCUT2D eigenvalue weighted by Gasteiger charge is 2.31. The molecule has 7 nitrogen and oxygen atoms in total. The zero-order valence-electron chi connectivity index (χ0n) is 17.8. The molecular weight excluding hydrogens is 399 g/mol. The van der Waals surface area contributed by atoms with Crippen molar-refractivity contribution in [3.63, 3.8) is 0 Å². The van der Waals surface area contributed by atoms with Gasteiger partial charge in [0.15, 0.2) is 5.82 Å². The number of likely N-dealkylation sites (tertiary alicyclic amines) is 1. The monoisotopic (exact) mass is 424 g/mol. The molecule has 0 saturated carbocycles. The van der Waals surface area contributed by atoms with Crippen molar-refractivity contribution in [1.82, 2.24) is 14.7 Å². The van der Waals surface area contributed by atoms with Gasteiger partial charge in [-0.2, -0.15) is 5.10 Å². The van der Waals surface area contributed by atoms with Gasteiger partial charge in [-0.15, -0.1) is 0 Å². The van der Waals surface area contributed by atoms with Crippen molar-refractivity contribution in [3.05, 3.63) is 60.0 Å². The van der Waals surface area contributed by atoms with Gasteiger partial charge in [-0.05, 0) is 44.7 Å². The Bertz CT molecular complexity index is 1140. The number of anilines is 1. The Labute approximate surface area is 179 Å². The lowest BCUT2D eigenvalue weighted by Gasteiger charge is -2.24. The highest BCUT2D eigenvalue weighted by molar-refractivity contribution is 6.12. The molecule has 1 saturated heterocycles. The van der Waals surface area contributed by atoms with Crippen LogP contribution in [0.5, 0.6) is 0 Å². The zero-order chi connectivity index (χ0) is 22.2. The number of hydrogen-bond acceptors (Lipinski definition) is 4. The summed E-state index contributed by atoms with van der Waals surface area (Å²) in [6.07, 6.45) is 2.19. The van der Waals surface area contributed by atoms with E-state index in [4.69, 9.17) is 4.74 Å². The molecule has 0 spiro atoms. The minimum Gasteiger partial charge on any atom is -0.444 e. The Balaban J connectivity index is 1.44. The van der Waals surface area contributed by atoms with Crippen molar-refractivity contribution in [3.8, 4) is 0 Å². The van der Waals surface area contributed by atoms with E-state index in [-0.39, 0.29) is 23.9 Å². The third-order valence-corrected chi connectivity index (χ3v) is 5.15. The predicted molar refractivity (Wildman–Crippen MR) is 116 cm³/mol. The summed E-state index contributed by atoms with van der Waals surface area (Å²) in [7, 11) is 0. The van der Waals surface area contributed by atoms with Gasteiger partial charge >= 0.3 is 6.09 Å².